The van der Waals surface area contributed by atoms with Crippen LogP contribution >= 0.6 is 0 Å². The average molecular weight is 361 g/mol. The summed E-state index contributed by atoms with van der Waals surface area (Å²) in [7, 11) is 1.55. The van der Waals surface area contributed by atoms with Gasteiger partial charge >= 0.3 is 12.2 Å². The fraction of sp³-hybridized carbons (Fsp3) is 0.111. The molecule has 0 unspecified atom stereocenters. The van der Waals surface area contributed by atoms with Gasteiger partial charge in [0.05, 0.1) is 11.3 Å². The molecule has 3 rings (SSSR count). The third-order valence-electron chi connectivity index (χ3n) is 3.79. The molecule has 5 nitrogen and oxygen atoms in total. The number of aryl methyl sites for hydroxylation is 1. The van der Waals surface area contributed by atoms with Crippen LogP contribution in [0.15, 0.2) is 59.5 Å². The molecular formula is C18H14F3N3O2. The van der Waals surface area contributed by atoms with Crippen LogP contribution in [0.4, 0.5) is 29.3 Å². The maximum Gasteiger partial charge on any atom is 0.416 e. The zero-order valence-electron chi connectivity index (χ0n) is 13.6. The summed E-state index contributed by atoms with van der Waals surface area (Å²) in [5.41, 5.74) is -0.703. The quantitative estimate of drug-likeness (QED) is 0.719. The minimum atomic E-state index is -4.50. The number of nitrogens with zero attached hydrogens (tertiary/aromatic N) is 1. The fourth-order valence-corrected chi connectivity index (χ4v) is 2.57. The Labute approximate surface area is 146 Å². The monoisotopic (exact) mass is 361 g/mol. The van der Waals surface area contributed by atoms with Crippen LogP contribution in [-0.2, 0) is 13.2 Å². The third kappa shape index (κ3) is 3.53. The normalized spacial score (nSPS) is 11.4. The van der Waals surface area contributed by atoms with Gasteiger partial charge < -0.3 is 15.2 Å². The minimum Gasteiger partial charge on any atom is -0.316 e. The second-order valence-corrected chi connectivity index (χ2v) is 5.66. The molecule has 0 radical (unpaired) electrons. The number of nitrogens with one attached hydrogen (secondary N) is 2. The molecule has 0 aliphatic heterocycles. The smallest absolute Gasteiger partial charge is 0.316 e. The van der Waals surface area contributed by atoms with E-state index in [2.05, 4.69) is 10.6 Å². The molecule has 8 heteroatoms. The summed E-state index contributed by atoms with van der Waals surface area (Å²) in [4.78, 5) is 24.3. The van der Waals surface area contributed by atoms with Crippen LogP contribution in [0.5, 0.6) is 0 Å². The zero-order chi connectivity index (χ0) is 18.9. The number of benzene rings is 2. The first-order chi connectivity index (χ1) is 12.3. The number of hydrogen-bond donors (Lipinski definition) is 2. The van der Waals surface area contributed by atoms with Crippen molar-refractivity contribution in [3.63, 3.8) is 0 Å². The van der Waals surface area contributed by atoms with Gasteiger partial charge in [0.1, 0.15) is 0 Å². The number of anilines is 2. The number of carbonyl (C=O) groups excluding carboxylic acids is 1. The molecule has 134 valence electrons. The molecule has 3 aromatic rings. The van der Waals surface area contributed by atoms with E-state index < -0.39 is 17.8 Å². The van der Waals surface area contributed by atoms with Crippen LogP contribution in [0.25, 0.3) is 10.8 Å². The van der Waals surface area contributed by atoms with Crippen molar-refractivity contribution in [3.8, 4) is 0 Å². The van der Waals surface area contributed by atoms with Gasteiger partial charge in [-0.15, -0.1) is 0 Å². The van der Waals surface area contributed by atoms with Gasteiger partial charge in [-0.25, -0.2) is 4.79 Å². The predicted molar refractivity (Wildman–Crippen MR) is 93.3 cm³/mol. The summed E-state index contributed by atoms with van der Waals surface area (Å²) in [5, 5.41) is 5.89. The van der Waals surface area contributed by atoms with E-state index >= 15 is 0 Å². The number of urea groups is 1. The van der Waals surface area contributed by atoms with Gasteiger partial charge in [0.15, 0.2) is 0 Å². The summed E-state index contributed by atoms with van der Waals surface area (Å²) in [6, 6.07) is 10.3. The van der Waals surface area contributed by atoms with Crippen molar-refractivity contribution in [2.45, 2.75) is 6.18 Å². The number of amides is 2. The average Bonchev–Trinajstić information content (AvgIpc) is 2.59. The first-order valence-electron chi connectivity index (χ1n) is 7.59. The van der Waals surface area contributed by atoms with Gasteiger partial charge in [0.25, 0.3) is 5.56 Å². The lowest BCUT2D eigenvalue weighted by molar-refractivity contribution is -0.137. The van der Waals surface area contributed by atoms with Crippen LogP contribution in [0.2, 0.25) is 0 Å². The van der Waals surface area contributed by atoms with Crippen molar-refractivity contribution in [1.29, 1.82) is 0 Å². The Morgan fingerprint density at radius 1 is 1.00 bits per heavy atom. The van der Waals surface area contributed by atoms with Gasteiger partial charge in [-0.1, -0.05) is 24.3 Å². The highest BCUT2D eigenvalue weighted by Gasteiger charge is 2.30. The molecule has 0 spiro atoms. The van der Waals surface area contributed by atoms with Gasteiger partial charge in [-0.05, 0) is 24.3 Å². The Balaban J connectivity index is 1.87. The molecule has 1 heterocycles. The highest BCUT2D eigenvalue weighted by molar-refractivity contribution is 6.05. The predicted octanol–water partition coefficient (Wildman–Crippen LogP) is 4.20. The van der Waals surface area contributed by atoms with Crippen molar-refractivity contribution < 1.29 is 18.0 Å². The lowest BCUT2D eigenvalue weighted by Gasteiger charge is -2.13. The molecule has 0 aliphatic carbocycles. The summed E-state index contributed by atoms with van der Waals surface area (Å²) in [6.45, 7) is 0. The van der Waals surface area contributed by atoms with Crippen LogP contribution < -0.4 is 16.2 Å². The molecule has 0 saturated heterocycles. The van der Waals surface area contributed by atoms with Gasteiger partial charge in [-0.2, -0.15) is 13.2 Å². The Bertz CT molecular complexity index is 1040. The highest BCUT2D eigenvalue weighted by Crippen LogP contribution is 2.30. The van der Waals surface area contributed by atoms with Gasteiger partial charge in [0, 0.05) is 29.7 Å². The SMILES string of the molecule is Cn1cc(NC(=O)Nc2cccc(C(F)(F)F)c2)c2ccccc2c1=O. The number of pyridine rings is 1. The van der Waals surface area contributed by atoms with E-state index in [1.165, 1.54) is 22.9 Å². The number of rotatable bonds is 2. The van der Waals surface area contributed by atoms with E-state index in [1.807, 2.05) is 0 Å². The van der Waals surface area contributed by atoms with E-state index in [-0.39, 0.29) is 11.2 Å². The van der Waals surface area contributed by atoms with Crippen molar-refractivity contribution in [1.82, 2.24) is 4.57 Å². The van der Waals surface area contributed by atoms with Crippen molar-refractivity contribution in [2.75, 3.05) is 10.6 Å². The van der Waals surface area contributed by atoms with Crippen LogP contribution in [0, 0.1) is 0 Å². The molecule has 0 aliphatic rings. The fourth-order valence-electron chi connectivity index (χ4n) is 2.57. The molecule has 0 saturated carbocycles. The third-order valence-corrected chi connectivity index (χ3v) is 3.79. The molecule has 2 N–H and O–H groups in total. The second-order valence-electron chi connectivity index (χ2n) is 5.66. The molecule has 26 heavy (non-hydrogen) atoms. The van der Waals surface area contributed by atoms with Gasteiger partial charge in [0.2, 0.25) is 0 Å². The Morgan fingerprint density at radius 3 is 2.38 bits per heavy atom. The number of halogens is 3. The molecule has 1 aromatic heterocycles. The number of carbonyl (C=O) groups is 1. The van der Waals surface area contributed by atoms with E-state index in [4.69, 9.17) is 0 Å². The van der Waals surface area contributed by atoms with E-state index in [1.54, 1.807) is 31.3 Å². The van der Waals surface area contributed by atoms with Crippen LogP contribution in [0.1, 0.15) is 5.56 Å². The number of fused-ring (bicyclic) bond motifs is 1. The van der Waals surface area contributed by atoms with Crippen molar-refractivity contribution >= 4 is 28.2 Å². The Kier molecular flexibility index (Phi) is 4.41. The van der Waals surface area contributed by atoms with Crippen LogP contribution in [-0.4, -0.2) is 10.6 Å². The molecular weight excluding hydrogens is 347 g/mol. The summed E-state index contributed by atoms with van der Waals surface area (Å²) < 4.78 is 39.6. The van der Waals surface area contributed by atoms with Gasteiger partial charge in [-0.3, -0.25) is 4.79 Å². The van der Waals surface area contributed by atoms with E-state index in [0.717, 1.165) is 12.1 Å². The number of aromatic nitrogens is 1. The first kappa shape index (κ1) is 17.5. The van der Waals surface area contributed by atoms with Crippen LogP contribution in [0.3, 0.4) is 0 Å². The molecule has 0 bridgehead atoms. The van der Waals surface area contributed by atoms with Crippen molar-refractivity contribution in [2.24, 2.45) is 7.05 Å². The molecule has 2 amide bonds. The van der Waals surface area contributed by atoms with E-state index in [9.17, 15) is 22.8 Å². The maximum atomic E-state index is 12.7. The Morgan fingerprint density at radius 2 is 1.69 bits per heavy atom. The Hall–Kier alpha value is -3.29. The topological polar surface area (TPSA) is 63.1 Å². The molecule has 2 aromatic carbocycles. The first-order valence-corrected chi connectivity index (χ1v) is 7.59. The number of hydrogen-bond acceptors (Lipinski definition) is 2. The van der Waals surface area contributed by atoms with E-state index in [0.29, 0.717) is 16.5 Å². The lowest BCUT2D eigenvalue weighted by Crippen LogP contribution is -2.23. The summed E-state index contributed by atoms with van der Waals surface area (Å²) in [5.74, 6) is 0. The summed E-state index contributed by atoms with van der Waals surface area (Å²) >= 11 is 0. The minimum absolute atomic E-state index is 0.00597. The summed E-state index contributed by atoms with van der Waals surface area (Å²) in [6.07, 6.45) is -3.04. The standard InChI is InChI=1S/C18H14F3N3O2/c1-24-10-15(13-7-2-3-8-14(13)16(24)25)23-17(26)22-12-6-4-5-11(9-12)18(19,20)21/h2-10H,1H3,(H2,22,23,26). The zero-order valence-corrected chi connectivity index (χ0v) is 13.6. The highest BCUT2D eigenvalue weighted by atomic mass is 19.4. The number of alkyl halides is 3. The largest absolute Gasteiger partial charge is 0.416 e. The van der Waals surface area contributed by atoms with Crippen molar-refractivity contribution in [3.05, 3.63) is 70.6 Å². The second kappa shape index (κ2) is 6.55. The maximum absolute atomic E-state index is 12.7. The molecule has 0 fully saturated rings. The lowest BCUT2D eigenvalue weighted by atomic mass is 10.1. The molecule has 0 atom stereocenters.